The van der Waals surface area contributed by atoms with Crippen molar-refractivity contribution in [1.29, 1.82) is 5.26 Å². The Hall–Kier alpha value is -3.39. The lowest BCUT2D eigenvalue weighted by Gasteiger charge is -2.23. The van der Waals surface area contributed by atoms with Gasteiger partial charge in [-0.2, -0.15) is 10.2 Å². The highest BCUT2D eigenvalue weighted by atomic mass is 15.1. The lowest BCUT2D eigenvalue weighted by Crippen LogP contribution is -2.12. The molecule has 0 bridgehead atoms. The van der Waals surface area contributed by atoms with Crippen molar-refractivity contribution in [2.45, 2.75) is 47.0 Å². The summed E-state index contributed by atoms with van der Waals surface area (Å²) in [6, 6.07) is 13.8. The maximum atomic E-state index is 8.93. The van der Waals surface area contributed by atoms with E-state index in [1.165, 1.54) is 16.7 Å². The van der Waals surface area contributed by atoms with E-state index in [1.54, 1.807) is 18.3 Å². The maximum Gasteiger partial charge on any atom is 0.229 e. The Morgan fingerprint density at radius 2 is 1.52 bits per heavy atom. The second-order valence-electron chi connectivity index (χ2n) is 8.40. The minimum atomic E-state index is 0.108. The van der Waals surface area contributed by atoms with Crippen molar-refractivity contribution in [3.63, 3.8) is 0 Å². The Bertz CT molecular complexity index is 1050. The van der Waals surface area contributed by atoms with E-state index in [1.807, 2.05) is 19.1 Å². The minimum Gasteiger partial charge on any atom is -0.339 e. The molecule has 0 unspecified atom stereocenters. The van der Waals surface area contributed by atoms with Crippen LogP contribution in [0.5, 0.6) is 0 Å². The Morgan fingerprint density at radius 3 is 2.07 bits per heavy atom. The highest BCUT2D eigenvalue weighted by molar-refractivity contribution is 5.68. The number of aromatic nitrogens is 2. The molecule has 0 saturated heterocycles. The third kappa shape index (κ3) is 4.72. The average molecular weight is 386 g/mol. The molecule has 0 aliphatic rings. The van der Waals surface area contributed by atoms with Crippen LogP contribution in [0.4, 0.5) is 23.1 Å². The Balaban J connectivity index is 1.88. The topological polar surface area (TPSA) is 73.6 Å². The molecule has 2 N–H and O–H groups in total. The summed E-state index contributed by atoms with van der Waals surface area (Å²) in [5.74, 6) is 1.27. The smallest absolute Gasteiger partial charge is 0.229 e. The Labute approximate surface area is 172 Å². The molecule has 2 aromatic carbocycles. The van der Waals surface area contributed by atoms with Gasteiger partial charge in [0.1, 0.15) is 5.82 Å². The molecule has 0 atom stereocenters. The van der Waals surface area contributed by atoms with Crippen LogP contribution in [0, 0.1) is 32.1 Å². The van der Waals surface area contributed by atoms with E-state index in [9.17, 15) is 0 Å². The molecule has 0 aliphatic heterocycles. The molecule has 0 aliphatic carbocycles. The molecule has 0 amide bonds. The van der Waals surface area contributed by atoms with Crippen LogP contribution in [0.2, 0.25) is 0 Å². The number of nitrogens with one attached hydrogen (secondary N) is 2. The van der Waals surface area contributed by atoms with Gasteiger partial charge in [0.2, 0.25) is 5.95 Å². The van der Waals surface area contributed by atoms with Crippen molar-refractivity contribution in [3.05, 3.63) is 70.4 Å². The normalized spacial score (nSPS) is 11.1. The Kier molecular flexibility index (Phi) is 5.56. The summed E-state index contributed by atoms with van der Waals surface area (Å²) in [6.07, 6.45) is 1.80. The van der Waals surface area contributed by atoms with Gasteiger partial charge in [-0.25, -0.2) is 4.98 Å². The molecular weight excluding hydrogens is 358 g/mol. The summed E-state index contributed by atoms with van der Waals surface area (Å²) in [5.41, 5.74) is 7.30. The fraction of sp³-hybridized carbons (Fsp3) is 0.292. The molecule has 5 nitrogen and oxygen atoms in total. The number of anilines is 4. The van der Waals surface area contributed by atoms with Gasteiger partial charge in [-0.05, 0) is 67.1 Å². The molecule has 0 saturated carbocycles. The molecule has 1 aromatic heterocycles. The first-order valence-electron chi connectivity index (χ1n) is 9.67. The Morgan fingerprint density at radius 1 is 0.897 bits per heavy atom. The van der Waals surface area contributed by atoms with E-state index in [0.29, 0.717) is 11.5 Å². The quantitative estimate of drug-likeness (QED) is 0.571. The average Bonchev–Trinajstić information content (AvgIpc) is 2.66. The zero-order chi connectivity index (χ0) is 21.2. The highest BCUT2D eigenvalue weighted by Crippen LogP contribution is 2.31. The largest absolute Gasteiger partial charge is 0.339 e. The van der Waals surface area contributed by atoms with Gasteiger partial charge in [-0.15, -0.1) is 0 Å². The first-order chi connectivity index (χ1) is 13.7. The lowest BCUT2D eigenvalue weighted by molar-refractivity contribution is 0.589. The maximum absolute atomic E-state index is 8.93. The summed E-state index contributed by atoms with van der Waals surface area (Å²) in [6.45, 7) is 12.9. The molecule has 3 rings (SSSR count). The van der Waals surface area contributed by atoms with E-state index < -0.39 is 0 Å². The number of benzene rings is 2. The van der Waals surface area contributed by atoms with Crippen LogP contribution in [0.15, 0.2) is 42.6 Å². The third-order valence-corrected chi connectivity index (χ3v) is 4.88. The second-order valence-corrected chi connectivity index (χ2v) is 8.40. The van der Waals surface area contributed by atoms with E-state index in [0.717, 1.165) is 22.8 Å². The van der Waals surface area contributed by atoms with Gasteiger partial charge >= 0.3 is 0 Å². The molecule has 148 valence electrons. The van der Waals surface area contributed by atoms with Gasteiger partial charge in [0.15, 0.2) is 0 Å². The van der Waals surface area contributed by atoms with Crippen molar-refractivity contribution in [1.82, 2.24) is 9.97 Å². The van der Waals surface area contributed by atoms with Crippen LogP contribution >= 0.6 is 0 Å². The zero-order valence-corrected chi connectivity index (χ0v) is 17.9. The molecule has 0 radical (unpaired) electrons. The van der Waals surface area contributed by atoms with E-state index >= 15 is 0 Å². The van der Waals surface area contributed by atoms with Gasteiger partial charge < -0.3 is 10.6 Å². The molecule has 0 spiro atoms. The molecule has 29 heavy (non-hydrogen) atoms. The van der Waals surface area contributed by atoms with Gasteiger partial charge in [0.25, 0.3) is 0 Å². The van der Waals surface area contributed by atoms with Crippen LogP contribution in [0.1, 0.15) is 48.6 Å². The minimum absolute atomic E-state index is 0.108. The number of nitrogens with zero attached hydrogens (tertiary/aromatic N) is 3. The van der Waals surface area contributed by atoms with Crippen LogP contribution < -0.4 is 10.6 Å². The monoisotopic (exact) mass is 385 g/mol. The predicted molar refractivity (Wildman–Crippen MR) is 119 cm³/mol. The second kappa shape index (κ2) is 7.92. The summed E-state index contributed by atoms with van der Waals surface area (Å²) >= 11 is 0. The molecule has 0 fully saturated rings. The lowest BCUT2D eigenvalue weighted by atomic mass is 9.85. The number of aryl methyl sites for hydroxylation is 3. The first kappa shape index (κ1) is 20.3. The first-order valence-corrected chi connectivity index (χ1v) is 9.67. The number of hydrogen-bond acceptors (Lipinski definition) is 5. The van der Waals surface area contributed by atoms with Gasteiger partial charge in [-0.3, -0.25) is 0 Å². The fourth-order valence-electron chi connectivity index (χ4n) is 3.10. The van der Waals surface area contributed by atoms with Gasteiger partial charge in [0, 0.05) is 23.1 Å². The third-order valence-electron chi connectivity index (χ3n) is 4.88. The summed E-state index contributed by atoms with van der Waals surface area (Å²) < 4.78 is 0. The van der Waals surface area contributed by atoms with E-state index in [4.69, 9.17) is 5.26 Å². The van der Waals surface area contributed by atoms with Crippen molar-refractivity contribution in [2.75, 3.05) is 10.6 Å². The van der Waals surface area contributed by atoms with Crippen LogP contribution in [-0.4, -0.2) is 9.97 Å². The molecule has 5 heteroatoms. The SMILES string of the molecule is Cc1cnc(Nc2ccc(C#N)cc2)nc1Nc1c(C)cc(C(C)(C)C)cc1C. The van der Waals surface area contributed by atoms with Crippen LogP contribution in [-0.2, 0) is 5.41 Å². The van der Waals surface area contributed by atoms with Crippen molar-refractivity contribution in [2.24, 2.45) is 0 Å². The zero-order valence-electron chi connectivity index (χ0n) is 17.9. The number of nitriles is 1. The summed E-state index contributed by atoms with van der Waals surface area (Å²) in [5, 5.41) is 15.6. The number of hydrogen-bond donors (Lipinski definition) is 2. The van der Waals surface area contributed by atoms with Gasteiger partial charge in [-0.1, -0.05) is 32.9 Å². The van der Waals surface area contributed by atoms with E-state index in [2.05, 4.69) is 73.4 Å². The number of rotatable bonds is 4. The van der Waals surface area contributed by atoms with Crippen molar-refractivity contribution >= 4 is 23.1 Å². The van der Waals surface area contributed by atoms with Crippen LogP contribution in [0.25, 0.3) is 0 Å². The van der Waals surface area contributed by atoms with E-state index in [-0.39, 0.29) is 5.41 Å². The summed E-state index contributed by atoms with van der Waals surface area (Å²) in [7, 11) is 0. The standard InChI is InChI=1S/C24H27N5/c1-15-11-19(24(4,5)6)12-16(2)21(15)28-22-17(3)14-26-23(29-22)27-20-9-7-18(13-25)8-10-20/h7-12,14H,1-6H3,(H2,26,27,28,29). The molecule has 3 aromatic rings. The highest BCUT2D eigenvalue weighted by Gasteiger charge is 2.17. The predicted octanol–water partition coefficient (Wildman–Crippen LogP) is 6.06. The molecule has 1 heterocycles. The van der Waals surface area contributed by atoms with Crippen LogP contribution in [0.3, 0.4) is 0 Å². The van der Waals surface area contributed by atoms with Crippen molar-refractivity contribution in [3.8, 4) is 6.07 Å². The summed E-state index contributed by atoms with van der Waals surface area (Å²) in [4.78, 5) is 9.04. The van der Waals surface area contributed by atoms with Gasteiger partial charge in [0.05, 0.1) is 11.6 Å². The molecular formula is C24H27N5. The van der Waals surface area contributed by atoms with Crippen molar-refractivity contribution < 1.29 is 0 Å². The fourth-order valence-corrected chi connectivity index (χ4v) is 3.10.